The van der Waals surface area contributed by atoms with Gasteiger partial charge in [-0.3, -0.25) is 9.59 Å². The molecule has 0 aliphatic carbocycles. The van der Waals surface area contributed by atoms with E-state index in [1.807, 2.05) is 4.90 Å². The molecule has 0 bridgehead atoms. The van der Waals surface area contributed by atoms with Crippen LogP contribution in [0.25, 0.3) is 0 Å². The fraction of sp³-hybridized carbons (Fsp3) is 0.278. The predicted octanol–water partition coefficient (Wildman–Crippen LogP) is 0.550. The summed E-state index contributed by atoms with van der Waals surface area (Å²) in [5.74, 6) is -1.28. The number of aromatic nitrogens is 2. The molecule has 1 aromatic heterocycles. The van der Waals surface area contributed by atoms with Crippen molar-refractivity contribution in [3.05, 3.63) is 48.3 Å². The summed E-state index contributed by atoms with van der Waals surface area (Å²) in [6, 6.07) is 7.96. The Morgan fingerprint density at radius 1 is 1.04 bits per heavy atom. The Hall–Kier alpha value is -3.49. The van der Waals surface area contributed by atoms with Crippen molar-refractivity contribution in [2.24, 2.45) is 0 Å². The number of carbonyl (C=O) groups excluding carboxylic acids is 3. The van der Waals surface area contributed by atoms with Gasteiger partial charge in [0.05, 0.1) is 12.7 Å². The van der Waals surface area contributed by atoms with E-state index in [1.165, 1.54) is 18.1 Å². The van der Waals surface area contributed by atoms with E-state index in [0.29, 0.717) is 43.4 Å². The van der Waals surface area contributed by atoms with E-state index in [9.17, 15) is 14.4 Å². The maximum Gasteiger partial charge on any atom is 0.337 e. The monoisotopic (exact) mass is 369 g/mol. The highest BCUT2D eigenvalue weighted by atomic mass is 16.5. The molecule has 9 nitrogen and oxygen atoms in total. The van der Waals surface area contributed by atoms with E-state index in [0.717, 1.165) is 0 Å². The molecule has 0 radical (unpaired) electrons. The van der Waals surface area contributed by atoms with Crippen molar-refractivity contribution in [1.82, 2.24) is 14.9 Å². The van der Waals surface area contributed by atoms with Crippen LogP contribution in [0.4, 0.5) is 11.6 Å². The van der Waals surface area contributed by atoms with Crippen LogP contribution in [0.1, 0.15) is 10.4 Å². The molecule has 1 N–H and O–H groups in total. The van der Waals surface area contributed by atoms with E-state index in [-0.39, 0.29) is 0 Å². The molecule has 0 unspecified atom stereocenters. The molecule has 140 valence electrons. The van der Waals surface area contributed by atoms with E-state index >= 15 is 0 Å². The van der Waals surface area contributed by atoms with Gasteiger partial charge in [-0.25, -0.2) is 14.8 Å². The standard InChI is InChI=1S/C18H19N5O4/c1-27-17(26)13-4-2-5-14(12-13)21-15(24)16(25)22-8-10-23(11-9-22)18-19-6-3-7-20-18/h2-7,12H,8-11H2,1H3,(H,21,24). The van der Waals surface area contributed by atoms with Gasteiger partial charge >= 0.3 is 17.8 Å². The normalized spacial score (nSPS) is 13.8. The first kappa shape index (κ1) is 18.3. The third-order valence-corrected chi connectivity index (χ3v) is 4.14. The lowest BCUT2D eigenvalue weighted by Crippen LogP contribution is -2.52. The molecule has 27 heavy (non-hydrogen) atoms. The topological polar surface area (TPSA) is 105 Å². The van der Waals surface area contributed by atoms with Gasteiger partial charge in [0.15, 0.2) is 0 Å². The van der Waals surface area contributed by atoms with Crippen molar-refractivity contribution < 1.29 is 19.1 Å². The Morgan fingerprint density at radius 3 is 2.41 bits per heavy atom. The summed E-state index contributed by atoms with van der Waals surface area (Å²) in [6.45, 7) is 1.88. The number of anilines is 2. The van der Waals surface area contributed by atoms with Gasteiger partial charge in [-0.15, -0.1) is 0 Å². The number of rotatable bonds is 3. The Balaban J connectivity index is 1.57. The molecule has 0 atom stereocenters. The van der Waals surface area contributed by atoms with Crippen LogP contribution in [-0.4, -0.2) is 65.9 Å². The molecular weight excluding hydrogens is 350 g/mol. The van der Waals surface area contributed by atoms with Gasteiger partial charge in [-0.2, -0.15) is 0 Å². The van der Waals surface area contributed by atoms with Crippen molar-refractivity contribution >= 4 is 29.4 Å². The van der Waals surface area contributed by atoms with Gasteiger partial charge in [0.25, 0.3) is 0 Å². The molecule has 1 aromatic carbocycles. The summed E-state index contributed by atoms with van der Waals surface area (Å²) in [5, 5.41) is 2.53. The fourth-order valence-corrected chi connectivity index (χ4v) is 2.73. The van der Waals surface area contributed by atoms with Crippen LogP contribution >= 0.6 is 0 Å². The van der Waals surface area contributed by atoms with Crippen molar-refractivity contribution in [1.29, 1.82) is 0 Å². The number of nitrogens with zero attached hydrogens (tertiary/aromatic N) is 4. The number of ether oxygens (including phenoxy) is 1. The number of piperazine rings is 1. The number of hydrogen-bond acceptors (Lipinski definition) is 7. The minimum absolute atomic E-state index is 0.291. The van der Waals surface area contributed by atoms with Gasteiger partial charge in [-0.05, 0) is 24.3 Å². The second-order valence-electron chi connectivity index (χ2n) is 5.85. The lowest BCUT2D eigenvalue weighted by atomic mass is 10.2. The minimum atomic E-state index is -0.749. The van der Waals surface area contributed by atoms with Gasteiger partial charge in [-0.1, -0.05) is 6.07 Å². The summed E-state index contributed by atoms with van der Waals surface area (Å²) in [7, 11) is 1.28. The molecule has 1 fully saturated rings. The highest BCUT2D eigenvalue weighted by Gasteiger charge is 2.27. The van der Waals surface area contributed by atoms with Crippen molar-refractivity contribution in [2.75, 3.05) is 43.5 Å². The lowest BCUT2D eigenvalue weighted by Gasteiger charge is -2.34. The van der Waals surface area contributed by atoms with Crippen molar-refractivity contribution in [3.63, 3.8) is 0 Å². The third-order valence-electron chi connectivity index (χ3n) is 4.14. The van der Waals surface area contributed by atoms with Crippen LogP contribution in [-0.2, 0) is 14.3 Å². The summed E-state index contributed by atoms with van der Waals surface area (Å²) >= 11 is 0. The third kappa shape index (κ3) is 4.38. The minimum Gasteiger partial charge on any atom is -0.465 e. The molecule has 1 aliphatic rings. The summed E-state index contributed by atoms with van der Waals surface area (Å²) in [5.41, 5.74) is 0.645. The smallest absolute Gasteiger partial charge is 0.337 e. The molecular formula is C18H19N5O4. The Bertz CT molecular complexity index is 835. The van der Waals surface area contributed by atoms with Crippen LogP contribution in [0, 0.1) is 0 Å². The molecule has 9 heteroatoms. The molecule has 2 heterocycles. The number of carbonyl (C=O) groups is 3. The largest absolute Gasteiger partial charge is 0.465 e. The van der Waals surface area contributed by atoms with Crippen molar-refractivity contribution in [3.8, 4) is 0 Å². The SMILES string of the molecule is COC(=O)c1cccc(NC(=O)C(=O)N2CCN(c3ncccn3)CC2)c1. The van der Waals surface area contributed by atoms with Crippen LogP contribution in [0.3, 0.4) is 0 Å². The first-order valence-corrected chi connectivity index (χ1v) is 8.39. The van der Waals surface area contributed by atoms with E-state index < -0.39 is 17.8 Å². The van der Waals surface area contributed by atoms with Gasteiger partial charge in [0, 0.05) is 44.3 Å². The van der Waals surface area contributed by atoms with Crippen LogP contribution in [0.5, 0.6) is 0 Å². The lowest BCUT2D eigenvalue weighted by molar-refractivity contribution is -0.143. The van der Waals surface area contributed by atoms with E-state index in [1.54, 1.807) is 36.7 Å². The molecule has 2 amide bonds. The van der Waals surface area contributed by atoms with Gasteiger partial charge in [0.2, 0.25) is 5.95 Å². The maximum atomic E-state index is 12.4. The number of esters is 1. The quantitative estimate of drug-likeness (QED) is 0.622. The molecule has 0 spiro atoms. The second kappa shape index (κ2) is 8.26. The zero-order chi connectivity index (χ0) is 19.2. The van der Waals surface area contributed by atoms with Gasteiger partial charge < -0.3 is 19.9 Å². The first-order chi connectivity index (χ1) is 13.1. The number of amides is 2. The van der Waals surface area contributed by atoms with Crippen LogP contribution in [0.15, 0.2) is 42.7 Å². The maximum absolute atomic E-state index is 12.4. The zero-order valence-corrected chi connectivity index (χ0v) is 14.8. The molecule has 0 saturated carbocycles. The second-order valence-corrected chi connectivity index (χ2v) is 5.85. The molecule has 1 aliphatic heterocycles. The average Bonchev–Trinajstić information content (AvgIpc) is 2.73. The van der Waals surface area contributed by atoms with Crippen LogP contribution in [0.2, 0.25) is 0 Å². The first-order valence-electron chi connectivity index (χ1n) is 8.39. The number of methoxy groups -OCH3 is 1. The number of nitrogens with one attached hydrogen (secondary N) is 1. The molecule has 1 saturated heterocycles. The van der Waals surface area contributed by atoms with Crippen molar-refractivity contribution in [2.45, 2.75) is 0 Å². The van der Waals surface area contributed by atoms with E-state index in [2.05, 4.69) is 20.0 Å². The number of hydrogen-bond donors (Lipinski definition) is 1. The summed E-state index contributed by atoms with van der Waals surface area (Å²) in [6.07, 6.45) is 3.32. The Morgan fingerprint density at radius 2 is 1.74 bits per heavy atom. The fourth-order valence-electron chi connectivity index (χ4n) is 2.73. The Labute approximate surface area is 156 Å². The predicted molar refractivity (Wildman–Crippen MR) is 97.2 cm³/mol. The van der Waals surface area contributed by atoms with Gasteiger partial charge in [0.1, 0.15) is 0 Å². The molecule has 3 rings (SSSR count). The van der Waals surface area contributed by atoms with E-state index in [4.69, 9.17) is 0 Å². The summed E-state index contributed by atoms with van der Waals surface area (Å²) < 4.78 is 4.64. The van der Waals surface area contributed by atoms with Crippen LogP contribution < -0.4 is 10.2 Å². The number of benzene rings is 1. The highest BCUT2D eigenvalue weighted by molar-refractivity contribution is 6.39. The molecule has 2 aromatic rings. The highest BCUT2D eigenvalue weighted by Crippen LogP contribution is 2.13. The average molecular weight is 369 g/mol. The Kier molecular flexibility index (Phi) is 5.60. The zero-order valence-electron chi connectivity index (χ0n) is 14.8. The summed E-state index contributed by atoms with van der Waals surface area (Å²) in [4.78, 5) is 48.0.